The molecular formula is C16H14N4O. The maximum atomic E-state index is 12.0. The lowest BCUT2D eigenvalue weighted by Crippen LogP contribution is -2.22. The zero-order chi connectivity index (χ0) is 14.6. The summed E-state index contributed by atoms with van der Waals surface area (Å²) in [5.74, 6) is 0.821. The van der Waals surface area contributed by atoms with Crippen molar-refractivity contribution in [2.75, 3.05) is 11.9 Å². The first-order valence-electron chi connectivity index (χ1n) is 6.87. The highest BCUT2D eigenvalue weighted by atomic mass is 16.2. The van der Waals surface area contributed by atoms with E-state index < -0.39 is 0 Å². The summed E-state index contributed by atoms with van der Waals surface area (Å²) in [6.45, 7) is 1.94. The molecule has 0 saturated carbocycles. The molecule has 4 rings (SSSR count). The van der Waals surface area contributed by atoms with Crippen molar-refractivity contribution in [3.63, 3.8) is 0 Å². The number of nitrogens with one attached hydrogen (secondary N) is 1. The SMILES string of the molecule is CC1C(=O)N(C)c2cc3[nH]c(-c4cccnc4)nc3cc21. The van der Waals surface area contributed by atoms with Crippen LogP contribution in [0.25, 0.3) is 22.4 Å². The number of hydrogen-bond donors (Lipinski definition) is 1. The number of hydrogen-bond acceptors (Lipinski definition) is 3. The Balaban J connectivity index is 1.90. The molecule has 0 saturated heterocycles. The van der Waals surface area contributed by atoms with Gasteiger partial charge in [0.05, 0.1) is 17.0 Å². The van der Waals surface area contributed by atoms with Crippen LogP contribution in [0.5, 0.6) is 0 Å². The second-order valence-electron chi connectivity index (χ2n) is 5.37. The van der Waals surface area contributed by atoms with Gasteiger partial charge in [-0.05, 0) is 36.8 Å². The van der Waals surface area contributed by atoms with Gasteiger partial charge in [-0.25, -0.2) is 4.98 Å². The molecule has 2 aromatic heterocycles. The smallest absolute Gasteiger partial charge is 0.234 e. The number of fused-ring (bicyclic) bond motifs is 2. The molecule has 3 heterocycles. The maximum absolute atomic E-state index is 12.0. The van der Waals surface area contributed by atoms with Gasteiger partial charge in [-0.2, -0.15) is 0 Å². The van der Waals surface area contributed by atoms with Gasteiger partial charge in [-0.1, -0.05) is 0 Å². The molecule has 5 nitrogen and oxygen atoms in total. The van der Waals surface area contributed by atoms with E-state index in [9.17, 15) is 4.79 Å². The van der Waals surface area contributed by atoms with Crippen molar-refractivity contribution < 1.29 is 4.79 Å². The first-order valence-corrected chi connectivity index (χ1v) is 6.87. The topological polar surface area (TPSA) is 61.9 Å². The zero-order valence-electron chi connectivity index (χ0n) is 11.8. The molecule has 0 bridgehead atoms. The minimum Gasteiger partial charge on any atom is -0.338 e. The number of carbonyl (C=O) groups excluding carboxylic acids is 1. The third kappa shape index (κ3) is 1.67. The summed E-state index contributed by atoms with van der Waals surface area (Å²) in [6.07, 6.45) is 3.52. The number of likely N-dealkylation sites (N-methyl/N-ethyl adjacent to an activating group) is 1. The molecule has 3 aromatic rings. The van der Waals surface area contributed by atoms with Crippen LogP contribution in [-0.4, -0.2) is 27.9 Å². The Morgan fingerprint density at radius 1 is 1.33 bits per heavy atom. The number of aromatic amines is 1. The quantitative estimate of drug-likeness (QED) is 0.744. The van der Waals surface area contributed by atoms with E-state index in [1.165, 1.54) is 0 Å². The van der Waals surface area contributed by atoms with Crippen LogP contribution in [0.4, 0.5) is 5.69 Å². The second-order valence-corrected chi connectivity index (χ2v) is 5.37. The van der Waals surface area contributed by atoms with Gasteiger partial charge in [0.2, 0.25) is 5.91 Å². The molecule has 5 heteroatoms. The normalized spacial score (nSPS) is 17.5. The number of amides is 1. The third-order valence-electron chi connectivity index (χ3n) is 4.09. The molecule has 0 radical (unpaired) electrons. The molecule has 1 aliphatic rings. The van der Waals surface area contributed by atoms with Crippen molar-refractivity contribution in [2.45, 2.75) is 12.8 Å². The summed E-state index contributed by atoms with van der Waals surface area (Å²) in [4.78, 5) is 25.8. The Kier molecular flexibility index (Phi) is 2.39. The molecule has 21 heavy (non-hydrogen) atoms. The predicted molar refractivity (Wildman–Crippen MR) is 81.1 cm³/mol. The van der Waals surface area contributed by atoms with Crippen molar-refractivity contribution in [3.05, 3.63) is 42.2 Å². The monoisotopic (exact) mass is 278 g/mol. The van der Waals surface area contributed by atoms with Crippen LogP contribution in [0.2, 0.25) is 0 Å². The number of carbonyl (C=O) groups is 1. The van der Waals surface area contributed by atoms with Gasteiger partial charge in [0.15, 0.2) is 0 Å². The number of imidazole rings is 1. The van der Waals surface area contributed by atoms with Gasteiger partial charge >= 0.3 is 0 Å². The maximum Gasteiger partial charge on any atom is 0.234 e. The fourth-order valence-corrected chi connectivity index (χ4v) is 2.88. The van der Waals surface area contributed by atoms with E-state index in [2.05, 4.69) is 15.0 Å². The van der Waals surface area contributed by atoms with Crippen molar-refractivity contribution in [2.24, 2.45) is 0 Å². The number of rotatable bonds is 1. The molecule has 0 fully saturated rings. The molecule has 1 N–H and O–H groups in total. The fraction of sp³-hybridized carbons (Fsp3) is 0.188. The highest BCUT2D eigenvalue weighted by Gasteiger charge is 2.32. The largest absolute Gasteiger partial charge is 0.338 e. The van der Waals surface area contributed by atoms with E-state index in [4.69, 9.17) is 0 Å². The molecule has 1 amide bonds. The number of aromatic nitrogens is 3. The predicted octanol–water partition coefficient (Wildman–Crippen LogP) is 2.70. The van der Waals surface area contributed by atoms with Crippen LogP contribution in [0.3, 0.4) is 0 Å². The number of pyridine rings is 1. The lowest BCUT2D eigenvalue weighted by atomic mass is 10.0. The van der Waals surface area contributed by atoms with Gasteiger partial charge in [0, 0.05) is 30.7 Å². The second kappa shape index (κ2) is 4.15. The Labute approximate surface area is 121 Å². The van der Waals surface area contributed by atoms with E-state index in [0.29, 0.717) is 0 Å². The number of H-pyrrole nitrogens is 1. The molecule has 104 valence electrons. The van der Waals surface area contributed by atoms with E-state index >= 15 is 0 Å². The molecule has 1 aliphatic heterocycles. The molecular weight excluding hydrogens is 264 g/mol. The lowest BCUT2D eigenvalue weighted by Gasteiger charge is -2.09. The number of anilines is 1. The van der Waals surface area contributed by atoms with Crippen LogP contribution >= 0.6 is 0 Å². The zero-order valence-corrected chi connectivity index (χ0v) is 11.8. The summed E-state index contributed by atoms with van der Waals surface area (Å²) < 4.78 is 0. The standard InChI is InChI=1S/C16H14N4O/c1-9-11-6-12-13(7-14(11)20(2)16(9)21)19-15(18-12)10-4-3-5-17-8-10/h3-9H,1-2H3,(H,18,19). The molecule has 1 aromatic carbocycles. The van der Waals surface area contributed by atoms with E-state index in [1.54, 1.807) is 17.3 Å². The highest BCUT2D eigenvalue weighted by Crippen LogP contribution is 2.38. The Morgan fingerprint density at radius 3 is 2.95 bits per heavy atom. The van der Waals surface area contributed by atoms with Gasteiger partial charge in [0.25, 0.3) is 0 Å². The Bertz CT molecular complexity index is 804. The van der Waals surface area contributed by atoms with E-state index in [1.807, 2.05) is 38.2 Å². The summed E-state index contributed by atoms with van der Waals surface area (Å²) >= 11 is 0. The molecule has 0 spiro atoms. The minimum atomic E-state index is -0.104. The number of benzene rings is 1. The average Bonchev–Trinajstić information content (AvgIpc) is 3.02. The third-order valence-corrected chi connectivity index (χ3v) is 4.09. The van der Waals surface area contributed by atoms with Gasteiger partial charge in [-0.15, -0.1) is 0 Å². The first-order chi connectivity index (χ1) is 10.1. The Hall–Kier alpha value is -2.69. The van der Waals surface area contributed by atoms with Crippen molar-refractivity contribution >= 4 is 22.6 Å². The minimum absolute atomic E-state index is 0.104. The summed E-state index contributed by atoms with van der Waals surface area (Å²) in [5, 5.41) is 0. The van der Waals surface area contributed by atoms with Crippen molar-refractivity contribution in [1.82, 2.24) is 15.0 Å². The molecule has 1 unspecified atom stereocenters. The summed E-state index contributed by atoms with van der Waals surface area (Å²) in [6, 6.07) is 7.86. The molecule has 1 atom stereocenters. The summed E-state index contributed by atoms with van der Waals surface area (Å²) in [7, 11) is 1.81. The van der Waals surface area contributed by atoms with E-state index in [-0.39, 0.29) is 11.8 Å². The van der Waals surface area contributed by atoms with Gasteiger partial charge < -0.3 is 9.88 Å². The van der Waals surface area contributed by atoms with Gasteiger partial charge in [-0.3, -0.25) is 9.78 Å². The van der Waals surface area contributed by atoms with Gasteiger partial charge in [0.1, 0.15) is 5.82 Å². The molecule has 0 aliphatic carbocycles. The van der Waals surface area contributed by atoms with Crippen LogP contribution in [0, 0.1) is 0 Å². The fourth-order valence-electron chi connectivity index (χ4n) is 2.88. The Morgan fingerprint density at radius 2 is 2.19 bits per heavy atom. The van der Waals surface area contributed by atoms with Crippen LogP contribution in [-0.2, 0) is 4.79 Å². The van der Waals surface area contributed by atoms with Crippen LogP contribution in [0.15, 0.2) is 36.7 Å². The van der Waals surface area contributed by atoms with E-state index in [0.717, 1.165) is 33.7 Å². The average molecular weight is 278 g/mol. The van der Waals surface area contributed by atoms with Crippen molar-refractivity contribution in [3.8, 4) is 11.4 Å². The van der Waals surface area contributed by atoms with Crippen LogP contribution < -0.4 is 4.90 Å². The van der Waals surface area contributed by atoms with Crippen molar-refractivity contribution in [1.29, 1.82) is 0 Å². The van der Waals surface area contributed by atoms with Crippen LogP contribution in [0.1, 0.15) is 18.4 Å². The number of nitrogens with zero attached hydrogens (tertiary/aromatic N) is 3. The summed E-state index contributed by atoms with van der Waals surface area (Å²) in [5.41, 5.74) is 4.76. The first kappa shape index (κ1) is 12.1. The highest BCUT2D eigenvalue weighted by molar-refractivity contribution is 6.06. The lowest BCUT2D eigenvalue weighted by molar-refractivity contribution is -0.118.